The fraction of sp³-hybridized carbons (Fsp3) is 0.240. The predicted octanol–water partition coefficient (Wildman–Crippen LogP) is 4.08. The van der Waals surface area contributed by atoms with Gasteiger partial charge in [0.2, 0.25) is 5.91 Å². The number of hydrogen-bond donors (Lipinski definition) is 1. The molecule has 0 bridgehead atoms. The topological polar surface area (TPSA) is 84.9 Å². The molecule has 33 heavy (non-hydrogen) atoms. The maximum Gasteiger partial charge on any atom is 0.264 e. The largest absolute Gasteiger partial charge is 0.497 e. The van der Waals surface area contributed by atoms with Crippen molar-refractivity contribution in [2.45, 2.75) is 24.8 Å². The second-order valence-corrected chi connectivity index (χ2v) is 9.42. The first-order chi connectivity index (χ1) is 15.8. The number of nitrogens with zero attached hydrogens (tertiary/aromatic N) is 1. The van der Waals surface area contributed by atoms with E-state index in [9.17, 15) is 13.2 Å². The van der Waals surface area contributed by atoms with Crippen LogP contribution in [-0.2, 0) is 14.8 Å². The van der Waals surface area contributed by atoms with E-state index in [0.717, 1.165) is 15.4 Å². The number of hydrogen-bond acceptors (Lipinski definition) is 5. The second-order valence-electron chi connectivity index (χ2n) is 7.56. The lowest BCUT2D eigenvalue weighted by atomic mass is 10.1. The van der Waals surface area contributed by atoms with E-state index in [0.29, 0.717) is 11.5 Å². The molecule has 0 saturated heterocycles. The number of anilines is 1. The molecule has 1 amide bonds. The molecule has 1 atom stereocenters. The summed E-state index contributed by atoms with van der Waals surface area (Å²) in [5.41, 5.74) is 2.31. The van der Waals surface area contributed by atoms with Crippen molar-refractivity contribution in [2.24, 2.45) is 0 Å². The highest BCUT2D eigenvalue weighted by Crippen LogP contribution is 2.32. The first kappa shape index (κ1) is 24.1. The predicted molar refractivity (Wildman–Crippen MR) is 128 cm³/mol. The highest BCUT2D eigenvalue weighted by Gasteiger charge is 2.29. The van der Waals surface area contributed by atoms with Gasteiger partial charge in [0.15, 0.2) is 0 Å². The second kappa shape index (κ2) is 10.4. The van der Waals surface area contributed by atoms with Crippen LogP contribution in [0.1, 0.15) is 24.1 Å². The molecule has 8 heteroatoms. The molecule has 1 N–H and O–H groups in total. The van der Waals surface area contributed by atoms with Crippen molar-refractivity contribution in [1.82, 2.24) is 5.32 Å². The molecule has 0 aromatic heterocycles. The number of amides is 1. The number of benzene rings is 3. The molecule has 0 unspecified atom stereocenters. The van der Waals surface area contributed by atoms with Gasteiger partial charge in [-0.1, -0.05) is 42.0 Å². The summed E-state index contributed by atoms with van der Waals surface area (Å²) in [5, 5.41) is 2.89. The number of aryl methyl sites for hydroxylation is 1. The van der Waals surface area contributed by atoms with E-state index in [4.69, 9.17) is 9.47 Å². The van der Waals surface area contributed by atoms with Crippen LogP contribution < -0.4 is 19.1 Å². The summed E-state index contributed by atoms with van der Waals surface area (Å²) < 4.78 is 38.7. The fourth-order valence-electron chi connectivity index (χ4n) is 3.37. The van der Waals surface area contributed by atoms with Crippen LogP contribution in [0.25, 0.3) is 0 Å². The average Bonchev–Trinajstić information content (AvgIpc) is 2.82. The average molecular weight is 469 g/mol. The molecule has 0 fully saturated rings. The highest BCUT2D eigenvalue weighted by atomic mass is 32.2. The van der Waals surface area contributed by atoms with Crippen LogP contribution in [0.15, 0.2) is 77.7 Å². The third-order valence-corrected chi connectivity index (χ3v) is 7.02. The summed E-state index contributed by atoms with van der Waals surface area (Å²) in [7, 11) is -1.12. The van der Waals surface area contributed by atoms with Crippen molar-refractivity contribution in [3.8, 4) is 11.5 Å². The van der Waals surface area contributed by atoms with Crippen molar-refractivity contribution >= 4 is 21.6 Å². The quantitative estimate of drug-likeness (QED) is 0.511. The van der Waals surface area contributed by atoms with Crippen LogP contribution in [0.2, 0.25) is 0 Å². The van der Waals surface area contributed by atoms with E-state index >= 15 is 0 Å². The zero-order valence-electron chi connectivity index (χ0n) is 19.1. The summed E-state index contributed by atoms with van der Waals surface area (Å²) in [6.07, 6.45) is 0. The lowest BCUT2D eigenvalue weighted by Crippen LogP contribution is -2.41. The molecule has 0 aliphatic heterocycles. The summed E-state index contributed by atoms with van der Waals surface area (Å²) in [6, 6.07) is 20.2. The normalized spacial score (nSPS) is 12.0. The Morgan fingerprint density at radius 3 is 2.18 bits per heavy atom. The van der Waals surface area contributed by atoms with Gasteiger partial charge in [-0.3, -0.25) is 9.10 Å². The Hall–Kier alpha value is -3.52. The van der Waals surface area contributed by atoms with Gasteiger partial charge in [0.25, 0.3) is 10.0 Å². The van der Waals surface area contributed by atoms with Gasteiger partial charge in [-0.05, 0) is 55.8 Å². The molecule has 3 aromatic carbocycles. The molecule has 0 radical (unpaired) electrons. The Labute approximate surface area is 195 Å². The van der Waals surface area contributed by atoms with E-state index in [1.54, 1.807) is 36.4 Å². The minimum absolute atomic E-state index is 0.0357. The van der Waals surface area contributed by atoms with Crippen molar-refractivity contribution < 1.29 is 22.7 Å². The van der Waals surface area contributed by atoms with Crippen LogP contribution in [0, 0.1) is 6.92 Å². The molecule has 3 rings (SSSR count). The summed E-state index contributed by atoms with van der Waals surface area (Å²) in [4.78, 5) is 13.0. The summed E-state index contributed by atoms with van der Waals surface area (Å²) in [6.45, 7) is 3.43. The molecule has 0 heterocycles. The molecule has 174 valence electrons. The summed E-state index contributed by atoms with van der Waals surface area (Å²) >= 11 is 0. The van der Waals surface area contributed by atoms with Crippen LogP contribution in [-0.4, -0.2) is 35.1 Å². The number of carbonyl (C=O) groups is 1. The van der Waals surface area contributed by atoms with Gasteiger partial charge >= 0.3 is 0 Å². The van der Waals surface area contributed by atoms with Crippen molar-refractivity contribution in [2.75, 3.05) is 25.1 Å². The smallest absolute Gasteiger partial charge is 0.264 e. The van der Waals surface area contributed by atoms with E-state index in [2.05, 4.69) is 5.32 Å². The minimum Gasteiger partial charge on any atom is -0.497 e. The van der Waals surface area contributed by atoms with E-state index in [1.807, 2.05) is 38.1 Å². The van der Waals surface area contributed by atoms with Crippen molar-refractivity contribution in [3.05, 3.63) is 83.9 Å². The molecule has 3 aromatic rings. The lowest BCUT2D eigenvalue weighted by Gasteiger charge is -2.26. The molecule has 0 aliphatic rings. The monoisotopic (exact) mass is 468 g/mol. The first-order valence-corrected chi connectivity index (χ1v) is 11.9. The van der Waals surface area contributed by atoms with E-state index in [-0.39, 0.29) is 16.6 Å². The highest BCUT2D eigenvalue weighted by molar-refractivity contribution is 7.92. The van der Waals surface area contributed by atoms with Crippen LogP contribution in [0.3, 0.4) is 0 Å². The Morgan fingerprint density at radius 1 is 0.939 bits per heavy atom. The summed E-state index contributed by atoms with van der Waals surface area (Å²) in [5.74, 6) is 0.433. The molecule has 7 nitrogen and oxygen atoms in total. The Balaban J connectivity index is 1.93. The van der Waals surface area contributed by atoms with Gasteiger partial charge in [0, 0.05) is 0 Å². The van der Waals surface area contributed by atoms with Gasteiger partial charge in [-0.2, -0.15) is 0 Å². The molecule has 0 spiro atoms. The van der Waals surface area contributed by atoms with Crippen LogP contribution in [0.5, 0.6) is 11.5 Å². The van der Waals surface area contributed by atoms with Crippen LogP contribution in [0.4, 0.5) is 5.69 Å². The zero-order valence-corrected chi connectivity index (χ0v) is 19.9. The van der Waals surface area contributed by atoms with Gasteiger partial charge < -0.3 is 14.8 Å². The molecule has 0 aliphatic carbocycles. The van der Waals surface area contributed by atoms with Gasteiger partial charge in [0.1, 0.15) is 18.0 Å². The minimum atomic E-state index is -4.08. The lowest BCUT2D eigenvalue weighted by molar-refractivity contribution is -0.120. The number of carbonyl (C=O) groups excluding carboxylic acids is 1. The number of sulfonamides is 1. The van der Waals surface area contributed by atoms with E-state index in [1.165, 1.54) is 26.4 Å². The number of rotatable bonds is 9. The molecular weight excluding hydrogens is 440 g/mol. The number of nitrogens with one attached hydrogen (secondary N) is 1. The van der Waals surface area contributed by atoms with Crippen LogP contribution >= 0.6 is 0 Å². The molecule has 0 saturated carbocycles. The third kappa shape index (κ3) is 5.64. The van der Waals surface area contributed by atoms with Crippen molar-refractivity contribution in [3.63, 3.8) is 0 Å². The Kier molecular flexibility index (Phi) is 7.60. The Morgan fingerprint density at radius 2 is 1.58 bits per heavy atom. The van der Waals surface area contributed by atoms with E-state index < -0.39 is 22.5 Å². The third-order valence-electron chi connectivity index (χ3n) is 5.24. The van der Waals surface area contributed by atoms with Gasteiger partial charge in [-0.15, -0.1) is 0 Å². The Bertz CT molecular complexity index is 1190. The van der Waals surface area contributed by atoms with Gasteiger partial charge in [0.05, 0.1) is 30.8 Å². The molecular formula is C25H28N2O5S. The zero-order chi connectivity index (χ0) is 24.0. The fourth-order valence-corrected chi connectivity index (χ4v) is 4.80. The number of methoxy groups -OCH3 is 2. The maximum absolute atomic E-state index is 13.6. The number of para-hydroxylation sites is 2. The standard InChI is InChI=1S/C25H28N2O5S/c1-18-9-11-20(12-10-18)19(2)26-25(28)17-27(23-7-5-6-8-24(23)32-4)33(29,30)22-15-13-21(31-3)14-16-22/h5-16,19H,17H2,1-4H3,(H,26,28)/t19-/m0/s1. The first-order valence-electron chi connectivity index (χ1n) is 10.4. The number of ether oxygens (including phenoxy) is 2. The van der Waals surface area contributed by atoms with Crippen molar-refractivity contribution in [1.29, 1.82) is 0 Å². The SMILES string of the molecule is COc1ccc(S(=O)(=O)N(CC(=O)N[C@@H](C)c2ccc(C)cc2)c2ccccc2OC)cc1. The van der Waals surface area contributed by atoms with Gasteiger partial charge in [-0.25, -0.2) is 8.42 Å². The maximum atomic E-state index is 13.6.